The Hall–Kier alpha value is -3.36. The zero-order valence-electron chi connectivity index (χ0n) is 15.9. The minimum atomic E-state index is -4.81. The number of rotatable bonds is 5. The molecule has 0 bridgehead atoms. The van der Waals surface area contributed by atoms with Crippen LogP contribution in [0.2, 0.25) is 0 Å². The largest absolute Gasteiger partial charge is 0.573 e. The van der Waals surface area contributed by atoms with E-state index >= 15 is 0 Å². The van der Waals surface area contributed by atoms with Crippen LogP contribution in [-0.4, -0.2) is 47.2 Å². The second-order valence-corrected chi connectivity index (χ2v) is 6.73. The van der Waals surface area contributed by atoms with E-state index in [0.717, 1.165) is 0 Å². The maximum atomic E-state index is 12.5. The number of amides is 2. The number of carbonyl (C=O) groups excluding carboxylic acids is 2. The number of ether oxygens (including phenoxy) is 1. The zero-order chi connectivity index (χ0) is 21.6. The lowest BCUT2D eigenvalue weighted by molar-refractivity contribution is -0.274. The molecule has 30 heavy (non-hydrogen) atoms. The molecule has 2 heterocycles. The number of alkyl halides is 3. The topological polar surface area (TPSA) is 71.5 Å². The van der Waals surface area contributed by atoms with E-state index in [1.54, 1.807) is 29.3 Å². The highest BCUT2D eigenvalue weighted by atomic mass is 19.4. The molecule has 1 saturated heterocycles. The maximum Gasteiger partial charge on any atom is 0.573 e. The Morgan fingerprint density at radius 3 is 2.53 bits per heavy atom. The minimum Gasteiger partial charge on any atom is -0.405 e. The molecular weight excluding hydrogens is 399 g/mol. The average Bonchev–Trinajstić information content (AvgIpc) is 2.73. The van der Waals surface area contributed by atoms with E-state index in [1.807, 2.05) is 0 Å². The third-order valence-corrected chi connectivity index (χ3v) is 4.62. The second kappa shape index (κ2) is 9.43. The molecule has 2 amide bonds. The number of para-hydroxylation sites is 1. The first kappa shape index (κ1) is 21.4. The van der Waals surface area contributed by atoms with Crippen LogP contribution >= 0.6 is 0 Å². The number of hydrogen-bond donors (Lipinski definition) is 1. The highest BCUT2D eigenvalue weighted by Crippen LogP contribution is 2.27. The quantitative estimate of drug-likeness (QED) is 0.754. The standard InChI is InChI=1S/C21H20F3N3O3/c22-21(23,24)30-18-6-2-1-4-15(18)7-8-19(28)27-12-9-17(10-13-27)26-20(29)16-5-3-11-25-14-16/h1-8,11,14,17H,9-10,12-13H2,(H,26,29)/b8-7-. The molecule has 1 aromatic carbocycles. The fraction of sp³-hybridized carbons (Fsp3) is 0.286. The lowest BCUT2D eigenvalue weighted by Gasteiger charge is -2.31. The Kier molecular flexibility index (Phi) is 6.71. The number of nitrogens with one attached hydrogen (secondary N) is 1. The number of benzene rings is 1. The molecule has 1 aromatic heterocycles. The van der Waals surface area contributed by atoms with Crippen molar-refractivity contribution in [1.82, 2.24) is 15.2 Å². The normalized spacial score (nSPS) is 15.2. The van der Waals surface area contributed by atoms with Gasteiger partial charge in [0.1, 0.15) is 5.75 Å². The first-order chi connectivity index (χ1) is 14.3. The van der Waals surface area contributed by atoms with Crippen molar-refractivity contribution < 1.29 is 27.5 Å². The van der Waals surface area contributed by atoms with Crippen LogP contribution in [0.15, 0.2) is 54.9 Å². The Balaban J connectivity index is 1.53. The highest BCUT2D eigenvalue weighted by Gasteiger charge is 2.31. The van der Waals surface area contributed by atoms with Gasteiger partial charge in [-0.05, 0) is 37.1 Å². The summed E-state index contributed by atoms with van der Waals surface area (Å²) in [6.45, 7) is 0.865. The number of carbonyl (C=O) groups is 2. The van der Waals surface area contributed by atoms with E-state index in [4.69, 9.17) is 0 Å². The SMILES string of the molecule is O=C(NC1CCN(C(=O)/C=C\c2ccccc2OC(F)(F)F)CC1)c1cccnc1. The van der Waals surface area contributed by atoms with E-state index in [1.165, 1.54) is 36.5 Å². The Labute approximate surface area is 171 Å². The third-order valence-electron chi connectivity index (χ3n) is 4.62. The van der Waals surface area contributed by atoms with Crippen molar-refractivity contribution in [3.63, 3.8) is 0 Å². The smallest absolute Gasteiger partial charge is 0.405 e. The van der Waals surface area contributed by atoms with Crippen LogP contribution < -0.4 is 10.1 Å². The summed E-state index contributed by atoms with van der Waals surface area (Å²) in [6.07, 6.45) is 1.96. The molecule has 158 valence electrons. The number of aromatic nitrogens is 1. The number of pyridine rings is 1. The van der Waals surface area contributed by atoms with Gasteiger partial charge in [0.15, 0.2) is 0 Å². The molecule has 1 aliphatic rings. The van der Waals surface area contributed by atoms with Gasteiger partial charge in [-0.25, -0.2) is 0 Å². The predicted molar refractivity (Wildman–Crippen MR) is 103 cm³/mol. The van der Waals surface area contributed by atoms with Crippen LogP contribution in [-0.2, 0) is 4.79 Å². The minimum absolute atomic E-state index is 0.0633. The molecule has 1 fully saturated rings. The fourth-order valence-corrected chi connectivity index (χ4v) is 3.11. The summed E-state index contributed by atoms with van der Waals surface area (Å²) in [4.78, 5) is 30.1. The number of likely N-dealkylation sites (tertiary alicyclic amines) is 1. The summed E-state index contributed by atoms with van der Waals surface area (Å²) in [5.41, 5.74) is 0.625. The molecule has 0 saturated carbocycles. The van der Waals surface area contributed by atoms with Gasteiger partial charge in [0.25, 0.3) is 5.91 Å². The molecule has 1 aliphatic heterocycles. The summed E-state index contributed by atoms with van der Waals surface area (Å²) < 4.78 is 41.5. The number of nitrogens with zero attached hydrogens (tertiary/aromatic N) is 2. The third kappa shape index (κ3) is 6.07. The van der Waals surface area contributed by atoms with Gasteiger partial charge in [-0.3, -0.25) is 14.6 Å². The van der Waals surface area contributed by atoms with Gasteiger partial charge in [0.2, 0.25) is 5.91 Å². The second-order valence-electron chi connectivity index (χ2n) is 6.73. The summed E-state index contributed by atoms with van der Waals surface area (Å²) in [5, 5.41) is 2.92. The van der Waals surface area contributed by atoms with E-state index < -0.39 is 6.36 Å². The summed E-state index contributed by atoms with van der Waals surface area (Å²) in [6, 6.07) is 8.90. The predicted octanol–water partition coefficient (Wildman–Crippen LogP) is 3.41. The van der Waals surface area contributed by atoms with E-state index in [2.05, 4.69) is 15.0 Å². The molecule has 6 nitrogen and oxygen atoms in total. The Morgan fingerprint density at radius 2 is 1.87 bits per heavy atom. The summed E-state index contributed by atoms with van der Waals surface area (Å²) >= 11 is 0. The highest BCUT2D eigenvalue weighted by molar-refractivity contribution is 5.94. The van der Waals surface area contributed by atoms with Crippen molar-refractivity contribution in [3.8, 4) is 5.75 Å². The number of piperidine rings is 1. The number of hydrogen-bond acceptors (Lipinski definition) is 4. The summed E-state index contributed by atoms with van der Waals surface area (Å²) in [5.74, 6) is -0.895. The van der Waals surface area contributed by atoms with Crippen LogP contribution in [0.5, 0.6) is 5.75 Å². The van der Waals surface area contributed by atoms with Crippen molar-refractivity contribution in [1.29, 1.82) is 0 Å². The van der Waals surface area contributed by atoms with Gasteiger partial charge in [-0.1, -0.05) is 18.2 Å². The summed E-state index contributed by atoms with van der Waals surface area (Å²) in [7, 11) is 0. The van der Waals surface area contributed by atoms with Gasteiger partial charge < -0.3 is 15.0 Å². The lowest BCUT2D eigenvalue weighted by atomic mass is 10.0. The molecule has 9 heteroatoms. The Bertz CT molecular complexity index is 908. The van der Waals surface area contributed by atoms with Crippen molar-refractivity contribution >= 4 is 17.9 Å². The van der Waals surface area contributed by atoms with Crippen LogP contribution in [0, 0.1) is 0 Å². The molecule has 0 aliphatic carbocycles. The van der Waals surface area contributed by atoms with E-state index in [-0.39, 0.29) is 29.2 Å². The van der Waals surface area contributed by atoms with Crippen molar-refractivity contribution in [2.45, 2.75) is 25.2 Å². The molecular formula is C21H20F3N3O3. The van der Waals surface area contributed by atoms with Gasteiger partial charge in [-0.2, -0.15) is 0 Å². The van der Waals surface area contributed by atoms with Gasteiger partial charge in [0.05, 0.1) is 5.56 Å². The monoisotopic (exact) mass is 419 g/mol. The fourth-order valence-electron chi connectivity index (χ4n) is 3.11. The van der Waals surface area contributed by atoms with Crippen molar-refractivity contribution in [2.75, 3.05) is 13.1 Å². The lowest BCUT2D eigenvalue weighted by Crippen LogP contribution is -2.46. The molecule has 0 unspecified atom stereocenters. The van der Waals surface area contributed by atoms with Gasteiger partial charge in [0, 0.05) is 43.2 Å². The van der Waals surface area contributed by atoms with Crippen LogP contribution in [0.4, 0.5) is 13.2 Å². The Morgan fingerprint density at radius 1 is 1.13 bits per heavy atom. The van der Waals surface area contributed by atoms with Crippen LogP contribution in [0.1, 0.15) is 28.8 Å². The number of halogens is 3. The van der Waals surface area contributed by atoms with Crippen molar-refractivity contribution in [3.05, 3.63) is 66.0 Å². The van der Waals surface area contributed by atoms with E-state index in [0.29, 0.717) is 31.5 Å². The zero-order valence-corrected chi connectivity index (χ0v) is 15.9. The van der Waals surface area contributed by atoms with Crippen LogP contribution in [0.3, 0.4) is 0 Å². The first-order valence-corrected chi connectivity index (χ1v) is 9.34. The molecule has 0 spiro atoms. The molecule has 3 rings (SSSR count). The van der Waals surface area contributed by atoms with Gasteiger partial charge in [-0.15, -0.1) is 13.2 Å². The average molecular weight is 419 g/mol. The van der Waals surface area contributed by atoms with E-state index in [9.17, 15) is 22.8 Å². The van der Waals surface area contributed by atoms with Crippen molar-refractivity contribution in [2.24, 2.45) is 0 Å². The van der Waals surface area contributed by atoms with Crippen LogP contribution in [0.25, 0.3) is 6.08 Å². The molecule has 0 radical (unpaired) electrons. The van der Waals surface area contributed by atoms with Gasteiger partial charge >= 0.3 is 6.36 Å². The molecule has 0 atom stereocenters. The maximum absolute atomic E-state index is 12.5. The first-order valence-electron chi connectivity index (χ1n) is 9.34. The molecule has 1 N–H and O–H groups in total. The molecule has 2 aromatic rings.